The van der Waals surface area contributed by atoms with E-state index in [2.05, 4.69) is 5.32 Å². The van der Waals surface area contributed by atoms with Crippen LogP contribution in [0.25, 0.3) is 0 Å². The van der Waals surface area contributed by atoms with E-state index < -0.39 is 36.1 Å². The van der Waals surface area contributed by atoms with Crippen LogP contribution in [0.3, 0.4) is 0 Å². The molecular formula is C14H21NO6. The van der Waals surface area contributed by atoms with Crippen molar-refractivity contribution in [1.29, 1.82) is 0 Å². The summed E-state index contributed by atoms with van der Waals surface area (Å²) in [5.74, 6) is 0. The van der Waals surface area contributed by atoms with Crippen LogP contribution in [0.5, 0.6) is 0 Å². The summed E-state index contributed by atoms with van der Waals surface area (Å²) in [4.78, 5) is 0. The molecule has 1 aliphatic carbocycles. The monoisotopic (exact) mass is 299 g/mol. The molecule has 1 aromatic carbocycles. The van der Waals surface area contributed by atoms with Crippen LogP contribution in [0.2, 0.25) is 0 Å². The minimum atomic E-state index is -2.16. The zero-order chi connectivity index (χ0) is 15.6. The van der Waals surface area contributed by atoms with Crippen molar-refractivity contribution in [3.05, 3.63) is 35.9 Å². The molecule has 0 amide bonds. The number of hydrogen-bond acceptors (Lipinski definition) is 7. The maximum Gasteiger partial charge on any atom is 0.134 e. The van der Waals surface area contributed by atoms with Crippen molar-refractivity contribution in [3.8, 4) is 0 Å². The fraction of sp³-hybridized carbons (Fsp3) is 0.571. The Morgan fingerprint density at radius 1 is 0.857 bits per heavy atom. The summed E-state index contributed by atoms with van der Waals surface area (Å²) in [7, 11) is 0. The predicted molar refractivity (Wildman–Crippen MR) is 73.1 cm³/mol. The molecule has 0 aliphatic heterocycles. The van der Waals surface area contributed by atoms with Crippen molar-refractivity contribution in [3.63, 3.8) is 0 Å². The molecule has 0 saturated heterocycles. The third kappa shape index (κ3) is 3.09. The second kappa shape index (κ2) is 6.37. The Kier molecular flexibility index (Phi) is 4.95. The summed E-state index contributed by atoms with van der Waals surface area (Å²) >= 11 is 0. The molecule has 7 nitrogen and oxygen atoms in total. The quantitative estimate of drug-likeness (QED) is 0.322. The van der Waals surface area contributed by atoms with E-state index in [9.17, 15) is 30.6 Å². The van der Waals surface area contributed by atoms with Gasteiger partial charge in [0.25, 0.3) is 0 Å². The van der Waals surface area contributed by atoms with Gasteiger partial charge in [-0.15, -0.1) is 0 Å². The van der Waals surface area contributed by atoms with Gasteiger partial charge in [-0.1, -0.05) is 30.3 Å². The van der Waals surface area contributed by atoms with Crippen molar-refractivity contribution in [2.75, 3.05) is 6.54 Å². The third-order valence-corrected chi connectivity index (χ3v) is 3.95. The molecule has 0 aromatic heterocycles. The number of aliphatic hydroxyl groups is 6. The maximum absolute atomic E-state index is 10.4. The second-order valence-electron chi connectivity index (χ2n) is 5.44. The van der Waals surface area contributed by atoms with Crippen LogP contribution < -0.4 is 5.32 Å². The summed E-state index contributed by atoms with van der Waals surface area (Å²) in [5, 5.41) is 61.7. The Morgan fingerprint density at radius 2 is 1.38 bits per heavy atom. The molecule has 21 heavy (non-hydrogen) atoms. The molecule has 0 heterocycles. The maximum atomic E-state index is 10.4. The van der Waals surface area contributed by atoms with Crippen LogP contribution >= 0.6 is 0 Å². The first-order valence-electron chi connectivity index (χ1n) is 6.75. The van der Waals surface area contributed by atoms with Gasteiger partial charge >= 0.3 is 0 Å². The molecule has 0 bridgehead atoms. The summed E-state index contributed by atoms with van der Waals surface area (Å²) in [5.41, 5.74) is -1.23. The molecule has 1 aliphatic rings. The van der Waals surface area contributed by atoms with Gasteiger partial charge in [-0.25, -0.2) is 0 Å². The molecule has 1 aromatic rings. The van der Waals surface area contributed by atoms with Gasteiger partial charge in [-0.3, -0.25) is 0 Å². The van der Waals surface area contributed by atoms with E-state index in [4.69, 9.17) is 0 Å². The van der Waals surface area contributed by atoms with Crippen LogP contribution in [0.4, 0.5) is 0 Å². The highest BCUT2D eigenvalue weighted by Gasteiger charge is 2.57. The Morgan fingerprint density at radius 3 is 1.90 bits per heavy atom. The van der Waals surface area contributed by atoms with Gasteiger partial charge in [-0.2, -0.15) is 0 Å². The van der Waals surface area contributed by atoms with Crippen LogP contribution in [-0.2, 0) is 6.54 Å². The molecule has 0 radical (unpaired) electrons. The summed E-state index contributed by atoms with van der Waals surface area (Å²) in [6.45, 7) is 0.113. The van der Waals surface area contributed by atoms with Crippen LogP contribution in [0.15, 0.2) is 30.3 Å². The molecule has 2 rings (SSSR count). The molecular weight excluding hydrogens is 278 g/mol. The van der Waals surface area contributed by atoms with Gasteiger partial charge in [0, 0.05) is 13.1 Å². The normalized spacial score (nSPS) is 40.2. The zero-order valence-electron chi connectivity index (χ0n) is 11.4. The predicted octanol–water partition coefficient (Wildman–Crippen LogP) is -2.67. The van der Waals surface area contributed by atoms with E-state index in [1.165, 1.54) is 0 Å². The number of benzene rings is 1. The van der Waals surface area contributed by atoms with E-state index in [0.717, 1.165) is 5.56 Å². The van der Waals surface area contributed by atoms with Crippen molar-refractivity contribution in [2.45, 2.75) is 42.7 Å². The van der Waals surface area contributed by atoms with E-state index >= 15 is 0 Å². The summed E-state index contributed by atoms with van der Waals surface area (Å²) < 4.78 is 0. The van der Waals surface area contributed by atoms with Crippen LogP contribution in [0.1, 0.15) is 5.56 Å². The smallest absolute Gasteiger partial charge is 0.134 e. The standard InChI is InChI=1S/C14H21NO6/c16-9-10(17)12(19)14(21,13(20)11(9)18)7-15-6-8-4-2-1-3-5-8/h1-5,9-13,15-21H,6-7H2. The molecule has 7 N–H and O–H groups in total. The summed E-state index contributed by atoms with van der Waals surface area (Å²) in [6.07, 6.45) is -8.77. The van der Waals surface area contributed by atoms with Gasteiger partial charge in [0.2, 0.25) is 0 Å². The Hall–Kier alpha value is -1.06. The topological polar surface area (TPSA) is 133 Å². The van der Waals surface area contributed by atoms with Crippen molar-refractivity contribution in [1.82, 2.24) is 5.32 Å². The Balaban J connectivity index is 2.02. The number of rotatable bonds is 4. The lowest BCUT2D eigenvalue weighted by molar-refractivity contribution is -0.265. The third-order valence-electron chi connectivity index (χ3n) is 3.95. The SMILES string of the molecule is OC1C(O)C(O)C(O)(CNCc2ccccc2)C(O)C1O. The molecule has 1 fully saturated rings. The minimum Gasteiger partial charge on any atom is -0.387 e. The first kappa shape index (κ1) is 16.3. The number of aliphatic hydroxyl groups excluding tert-OH is 5. The average molecular weight is 299 g/mol. The fourth-order valence-corrected chi connectivity index (χ4v) is 2.55. The van der Waals surface area contributed by atoms with Crippen molar-refractivity contribution < 1.29 is 30.6 Å². The van der Waals surface area contributed by atoms with Gasteiger partial charge in [0.05, 0.1) is 0 Å². The molecule has 118 valence electrons. The van der Waals surface area contributed by atoms with Gasteiger partial charge in [-0.05, 0) is 5.56 Å². The highest BCUT2D eigenvalue weighted by atomic mass is 16.4. The minimum absolute atomic E-state index is 0.259. The van der Waals surface area contributed by atoms with Crippen molar-refractivity contribution >= 4 is 0 Å². The first-order chi connectivity index (χ1) is 9.88. The first-order valence-corrected chi connectivity index (χ1v) is 6.75. The molecule has 4 unspecified atom stereocenters. The highest BCUT2D eigenvalue weighted by Crippen LogP contribution is 2.30. The van der Waals surface area contributed by atoms with Crippen molar-refractivity contribution in [2.24, 2.45) is 0 Å². The Bertz CT molecular complexity index is 440. The average Bonchev–Trinajstić information content (AvgIpc) is 2.51. The van der Waals surface area contributed by atoms with Gasteiger partial charge in [0.1, 0.15) is 36.1 Å². The lowest BCUT2D eigenvalue weighted by Crippen LogP contribution is -2.73. The number of hydrogen-bond donors (Lipinski definition) is 7. The van der Waals surface area contributed by atoms with Gasteiger partial charge in [0.15, 0.2) is 0 Å². The molecule has 4 atom stereocenters. The summed E-state index contributed by atoms with van der Waals surface area (Å²) in [6, 6.07) is 9.27. The van der Waals surface area contributed by atoms with Crippen LogP contribution in [-0.4, -0.2) is 73.3 Å². The molecule has 1 saturated carbocycles. The molecule has 0 spiro atoms. The van der Waals surface area contributed by atoms with Crippen LogP contribution in [0, 0.1) is 0 Å². The largest absolute Gasteiger partial charge is 0.387 e. The fourth-order valence-electron chi connectivity index (χ4n) is 2.55. The number of nitrogens with one attached hydrogen (secondary N) is 1. The lowest BCUT2D eigenvalue weighted by Gasteiger charge is -2.47. The van der Waals surface area contributed by atoms with E-state index in [-0.39, 0.29) is 6.54 Å². The van der Waals surface area contributed by atoms with E-state index in [1.807, 2.05) is 30.3 Å². The molecule has 7 heteroatoms. The zero-order valence-corrected chi connectivity index (χ0v) is 11.4. The van der Waals surface area contributed by atoms with Gasteiger partial charge < -0.3 is 36.0 Å². The second-order valence-corrected chi connectivity index (χ2v) is 5.44. The van der Waals surface area contributed by atoms with E-state index in [0.29, 0.717) is 6.54 Å². The highest BCUT2D eigenvalue weighted by molar-refractivity contribution is 5.15. The lowest BCUT2D eigenvalue weighted by atomic mass is 9.74. The van der Waals surface area contributed by atoms with E-state index in [1.54, 1.807) is 0 Å². The Labute approximate surface area is 122 Å².